The van der Waals surface area contributed by atoms with Crippen molar-refractivity contribution in [3.05, 3.63) is 75.0 Å². The van der Waals surface area contributed by atoms with Crippen molar-refractivity contribution < 1.29 is 9.59 Å². The van der Waals surface area contributed by atoms with Crippen molar-refractivity contribution in [3.8, 4) is 11.3 Å². The maximum absolute atomic E-state index is 13.0. The normalized spacial score (nSPS) is 10.8. The maximum Gasteiger partial charge on any atom is 0.291 e. The van der Waals surface area contributed by atoms with Crippen LogP contribution in [0.15, 0.2) is 53.3 Å². The van der Waals surface area contributed by atoms with Crippen LogP contribution in [0.4, 0.5) is 11.4 Å². The molecule has 8 heteroatoms. The smallest absolute Gasteiger partial charge is 0.291 e. The van der Waals surface area contributed by atoms with Gasteiger partial charge >= 0.3 is 0 Å². The number of nitrogens with zero attached hydrogens (tertiary/aromatic N) is 2. The predicted molar refractivity (Wildman–Crippen MR) is 127 cm³/mol. The van der Waals surface area contributed by atoms with Gasteiger partial charge in [-0.05, 0) is 43.7 Å². The van der Waals surface area contributed by atoms with Gasteiger partial charge in [-0.2, -0.15) is 5.10 Å². The third-order valence-electron chi connectivity index (χ3n) is 4.86. The summed E-state index contributed by atoms with van der Waals surface area (Å²) in [6, 6.07) is 14.2. The summed E-state index contributed by atoms with van der Waals surface area (Å²) in [7, 11) is 0. The Morgan fingerprint density at radius 3 is 2.31 bits per heavy atom. The van der Waals surface area contributed by atoms with Gasteiger partial charge in [-0.25, -0.2) is 4.68 Å². The minimum atomic E-state index is -0.558. The van der Waals surface area contributed by atoms with Crippen LogP contribution in [-0.2, 0) is 16.1 Å². The summed E-state index contributed by atoms with van der Waals surface area (Å²) in [5.74, 6) is -1.03. The molecular weight excluding hydrogens is 428 g/mol. The van der Waals surface area contributed by atoms with Crippen molar-refractivity contribution in [2.45, 2.75) is 34.2 Å². The Balaban J connectivity index is 1.96. The summed E-state index contributed by atoms with van der Waals surface area (Å²) in [6.07, 6.45) is 0. The Morgan fingerprint density at radius 1 is 1.00 bits per heavy atom. The van der Waals surface area contributed by atoms with Gasteiger partial charge in [0.2, 0.25) is 11.8 Å². The molecule has 0 aliphatic heterocycles. The number of nitrogens with one attached hydrogen (secondary N) is 2. The number of rotatable bonds is 6. The molecule has 0 saturated heterocycles. The highest BCUT2D eigenvalue weighted by Crippen LogP contribution is 2.21. The van der Waals surface area contributed by atoms with Crippen LogP contribution in [0.25, 0.3) is 11.3 Å². The lowest BCUT2D eigenvalue weighted by Gasteiger charge is -2.13. The fraction of sp³-hybridized carbons (Fsp3) is 0.250. The van der Waals surface area contributed by atoms with Gasteiger partial charge in [0.25, 0.3) is 5.56 Å². The van der Waals surface area contributed by atoms with Gasteiger partial charge in [-0.1, -0.05) is 55.3 Å². The Morgan fingerprint density at radius 2 is 1.69 bits per heavy atom. The molecule has 0 fully saturated rings. The molecule has 0 spiro atoms. The zero-order valence-corrected chi connectivity index (χ0v) is 19.2. The van der Waals surface area contributed by atoms with Crippen LogP contribution in [0.3, 0.4) is 0 Å². The summed E-state index contributed by atoms with van der Waals surface area (Å²) in [5.41, 5.74) is 3.22. The SMILES string of the molecule is Cc1ccc(-c2cc(NC(=O)C(C)C)c(=O)n(CC(=O)Nc3ccc(Cl)cc3C)n2)cc1. The molecular formula is C24H25ClN4O3. The van der Waals surface area contributed by atoms with Gasteiger partial charge in [0.1, 0.15) is 12.2 Å². The monoisotopic (exact) mass is 452 g/mol. The molecule has 0 atom stereocenters. The summed E-state index contributed by atoms with van der Waals surface area (Å²) in [5, 5.41) is 10.4. The Labute approximate surface area is 191 Å². The quantitative estimate of drug-likeness (QED) is 0.579. The van der Waals surface area contributed by atoms with E-state index in [9.17, 15) is 14.4 Å². The van der Waals surface area contributed by atoms with Crippen molar-refractivity contribution in [1.29, 1.82) is 0 Å². The minimum Gasteiger partial charge on any atom is -0.324 e. The lowest BCUT2D eigenvalue weighted by Crippen LogP contribution is -2.33. The number of hydrogen-bond donors (Lipinski definition) is 2. The van der Waals surface area contributed by atoms with Gasteiger partial charge in [0.15, 0.2) is 0 Å². The van der Waals surface area contributed by atoms with Gasteiger partial charge in [-0.3, -0.25) is 14.4 Å². The van der Waals surface area contributed by atoms with Crippen molar-refractivity contribution in [3.63, 3.8) is 0 Å². The number of carbonyl (C=O) groups excluding carboxylic acids is 2. The van der Waals surface area contributed by atoms with E-state index in [1.54, 1.807) is 32.0 Å². The molecule has 0 unspecified atom stereocenters. The number of aryl methyl sites for hydroxylation is 2. The Bertz CT molecular complexity index is 1220. The molecule has 2 amide bonds. The highest BCUT2D eigenvalue weighted by molar-refractivity contribution is 6.30. The molecule has 166 valence electrons. The number of anilines is 2. The highest BCUT2D eigenvalue weighted by Gasteiger charge is 2.16. The van der Waals surface area contributed by atoms with E-state index in [0.717, 1.165) is 21.4 Å². The molecule has 0 saturated carbocycles. The molecule has 3 aromatic rings. The van der Waals surface area contributed by atoms with E-state index >= 15 is 0 Å². The van der Waals surface area contributed by atoms with Crippen molar-refractivity contribution in [2.24, 2.45) is 5.92 Å². The maximum atomic E-state index is 13.0. The van der Waals surface area contributed by atoms with Gasteiger partial charge < -0.3 is 10.6 Å². The second-order valence-electron chi connectivity index (χ2n) is 7.92. The molecule has 0 aliphatic rings. The molecule has 0 radical (unpaired) electrons. The molecule has 2 N–H and O–H groups in total. The zero-order valence-electron chi connectivity index (χ0n) is 18.4. The standard InChI is InChI=1S/C24H25ClN4O3/c1-14(2)23(31)27-21-12-20(17-7-5-15(3)6-8-17)28-29(24(21)32)13-22(30)26-19-10-9-18(25)11-16(19)4/h5-12,14H,13H2,1-4H3,(H,26,30)(H,27,31). The highest BCUT2D eigenvalue weighted by atomic mass is 35.5. The average Bonchev–Trinajstić information content (AvgIpc) is 2.73. The summed E-state index contributed by atoms with van der Waals surface area (Å²) >= 11 is 5.97. The number of carbonyl (C=O) groups is 2. The molecule has 1 aromatic heterocycles. The number of benzene rings is 2. The second-order valence-corrected chi connectivity index (χ2v) is 8.36. The predicted octanol–water partition coefficient (Wildman–Crippen LogP) is 4.41. The summed E-state index contributed by atoms with van der Waals surface area (Å²) in [4.78, 5) is 37.9. The lowest BCUT2D eigenvalue weighted by atomic mass is 10.1. The molecule has 2 aromatic carbocycles. The molecule has 0 bridgehead atoms. The van der Waals surface area contributed by atoms with E-state index in [2.05, 4.69) is 15.7 Å². The fourth-order valence-corrected chi connectivity index (χ4v) is 3.20. The fourth-order valence-electron chi connectivity index (χ4n) is 2.97. The van der Waals surface area contributed by atoms with E-state index in [0.29, 0.717) is 16.4 Å². The van der Waals surface area contributed by atoms with Crippen LogP contribution < -0.4 is 16.2 Å². The molecule has 0 aliphatic carbocycles. The molecule has 1 heterocycles. The summed E-state index contributed by atoms with van der Waals surface area (Å²) in [6.45, 7) is 6.94. The number of aromatic nitrogens is 2. The first-order valence-corrected chi connectivity index (χ1v) is 10.6. The molecule has 3 rings (SSSR count). The van der Waals surface area contributed by atoms with Crippen molar-refractivity contribution in [1.82, 2.24) is 9.78 Å². The first-order chi connectivity index (χ1) is 15.1. The summed E-state index contributed by atoms with van der Waals surface area (Å²) < 4.78 is 1.06. The number of amides is 2. The van der Waals surface area contributed by atoms with E-state index in [-0.39, 0.29) is 24.1 Å². The molecule has 32 heavy (non-hydrogen) atoms. The van der Waals surface area contributed by atoms with Crippen LogP contribution in [0, 0.1) is 19.8 Å². The Hall–Kier alpha value is -3.45. The topological polar surface area (TPSA) is 93.1 Å². The third-order valence-corrected chi connectivity index (χ3v) is 5.09. The van der Waals surface area contributed by atoms with Crippen LogP contribution in [0.5, 0.6) is 0 Å². The third kappa shape index (κ3) is 5.62. The van der Waals surface area contributed by atoms with Crippen molar-refractivity contribution >= 4 is 34.8 Å². The molecule has 7 nitrogen and oxygen atoms in total. The zero-order chi connectivity index (χ0) is 23.4. The van der Waals surface area contributed by atoms with E-state index in [1.165, 1.54) is 6.07 Å². The largest absolute Gasteiger partial charge is 0.324 e. The van der Waals surface area contributed by atoms with Gasteiger partial charge in [-0.15, -0.1) is 0 Å². The Kier molecular flexibility index (Phi) is 7.10. The van der Waals surface area contributed by atoms with Crippen LogP contribution in [0.1, 0.15) is 25.0 Å². The average molecular weight is 453 g/mol. The number of halogens is 1. The van der Waals surface area contributed by atoms with Crippen LogP contribution >= 0.6 is 11.6 Å². The van der Waals surface area contributed by atoms with Gasteiger partial charge in [0.05, 0.1) is 5.69 Å². The van der Waals surface area contributed by atoms with E-state index in [1.807, 2.05) is 38.1 Å². The van der Waals surface area contributed by atoms with E-state index < -0.39 is 11.5 Å². The van der Waals surface area contributed by atoms with Crippen molar-refractivity contribution in [2.75, 3.05) is 10.6 Å². The minimum absolute atomic E-state index is 0.0738. The first-order valence-electron chi connectivity index (χ1n) is 10.2. The van der Waals surface area contributed by atoms with Crippen LogP contribution in [0.2, 0.25) is 5.02 Å². The van der Waals surface area contributed by atoms with Gasteiger partial charge in [0, 0.05) is 22.2 Å². The first kappa shape index (κ1) is 23.2. The van der Waals surface area contributed by atoms with E-state index in [4.69, 9.17) is 11.6 Å². The number of hydrogen-bond acceptors (Lipinski definition) is 4. The lowest BCUT2D eigenvalue weighted by molar-refractivity contribution is -0.119. The second kappa shape index (κ2) is 9.78. The van der Waals surface area contributed by atoms with Crippen LogP contribution in [-0.4, -0.2) is 21.6 Å².